The highest BCUT2D eigenvalue weighted by molar-refractivity contribution is 9.10. The standard InChI is InChI=1S/C10H9BrFN3O/c11-10-8(1-2-16-10)9(15-13)6-3-7(12)5-14-4-6/h1-5,9,15H,13H2. The highest BCUT2D eigenvalue weighted by Crippen LogP contribution is 2.28. The van der Waals surface area contributed by atoms with Crippen LogP contribution in [0.5, 0.6) is 0 Å². The fourth-order valence-corrected chi connectivity index (χ4v) is 1.93. The molecule has 0 amide bonds. The summed E-state index contributed by atoms with van der Waals surface area (Å²) in [5.74, 6) is 5.05. The van der Waals surface area contributed by atoms with Crippen LogP contribution in [0.4, 0.5) is 4.39 Å². The minimum Gasteiger partial charge on any atom is -0.457 e. The normalized spacial score (nSPS) is 12.7. The molecule has 84 valence electrons. The van der Waals surface area contributed by atoms with Crippen LogP contribution in [0.2, 0.25) is 0 Å². The quantitative estimate of drug-likeness (QED) is 0.670. The van der Waals surface area contributed by atoms with Gasteiger partial charge in [0.05, 0.1) is 18.5 Å². The molecule has 2 aromatic heterocycles. The predicted molar refractivity (Wildman–Crippen MR) is 59.8 cm³/mol. The minimum atomic E-state index is -0.405. The van der Waals surface area contributed by atoms with Gasteiger partial charge in [0.1, 0.15) is 5.82 Å². The molecule has 2 rings (SSSR count). The number of nitrogens with one attached hydrogen (secondary N) is 1. The molecule has 0 saturated carbocycles. The molecule has 0 aromatic carbocycles. The van der Waals surface area contributed by atoms with Crippen LogP contribution in [0.1, 0.15) is 17.2 Å². The maximum atomic E-state index is 13.0. The third-order valence-corrected chi connectivity index (χ3v) is 2.83. The maximum Gasteiger partial charge on any atom is 0.174 e. The molecule has 6 heteroatoms. The van der Waals surface area contributed by atoms with Crippen molar-refractivity contribution in [1.29, 1.82) is 0 Å². The van der Waals surface area contributed by atoms with E-state index in [1.165, 1.54) is 12.3 Å². The zero-order valence-electron chi connectivity index (χ0n) is 8.15. The topological polar surface area (TPSA) is 64.1 Å². The monoisotopic (exact) mass is 285 g/mol. The molecule has 0 aliphatic rings. The van der Waals surface area contributed by atoms with E-state index < -0.39 is 5.82 Å². The van der Waals surface area contributed by atoms with Gasteiger partial charge in [-0.25, -0.2) is 9.82 Å². The summed E-state index contributed by atoms with van der Waals surface area (Å²) in [4.78, 5) is 3.78. The molecule has 0 radical (unpaired) electrons. The van der Waals surface area contributed by atoms with Crippen LogP contribution >= 0.6 is 15.9 Å². The molecule has 0 saturated heterocycles. The Morgan fingerprint density at radius 1 is 1.50 bits per heavy atom. The number of nitrogens with zero attached hydrogens (tertiary/aromatic N) is 1. The van der Waals surface area contributed by atoms with Crippen molar-refractivity contribution in [3.8, 4) is 0 Å². The lowest BCUT2D eigenvalue weighted by Gasteiger charge is -2.14. The SMILES string of the molecule is NNC(c1cncc(F)c1)c1ccoc1Br. The Labute approximate surface area is 99.8 Å². The van der Waals surface area contributed by atoms with E-state index in [4.69, 9.17) is 10.3 Å². The average Bonchev–Trinajstić information content (AvgIpc) is 2.67. The largest absolute Gasteiger partial charge is 0.457 e. The number of hydrogen-bond acceptors (Lipinski definition) is 4. The van der Waals surface area contributed by atoms with Crippen molar-refractivity contribution in [2.45, 2.75) is 6.04 Å². The minimum absolute atomic E-state index is 0.365. The van der Waals surface area contributed by atoms with Crippen LogP contribution in [0.15, 0.2) is 39.9 Å². The van der Waals surface area contributed by atoms with E-state index >= 15 is 0 Å². The zero-order valence-corrected chi connectivity index (χ0v) is 9.74. The Hall–Kier alpha value is -1.24. The number of hydrazine groups is 1. The van der Waals surface area contributed by atoms with E-state index in [-0.39, 0.29) is 6.04 Å². The summed E-state index contributed by atoms with van der Waals surface area (Å²) in [6.07, 6.45) is 4.21. The van der Waals surface area contributed by atoms with E-state index in [0.29, 0.717) is 10.2 Å². The highest BCUT2D eigenvalue weighted by Gasteiger charge is 2.18. The Balaban J connectivity index is 2.40. The second-order valence-electron chi connectivity index (χ2n) is 3.19. The van der Waals surface area contributed by atoms with Gasteiger partial charge in [0.2, 0.25) is 0 Å². The van der Waals surface area contributed by atoms with Crippen molar-refractivity contribution < 1.29 is 8.81 Å². The van der Waals surface area contributed by atoms with E-state index in [2.05, 4.69) is 26.3 Å². The van der Waals surface area contributed by atoms with Crippen molar-refractivity contribution >= 4 is 15.9 Å². The van der Waals surface area contributed by atoms with Crippen LogP contribution in [0.25, 0.3) is 0 Å². The van der Waals surface area contributed by atoms with E-state index in [0.717, 1.165) is 11.8 Å². The molecule has 0 aliphatic carbocycles. The van der Waals surface area contributed by atoms with E-state index in [9.17, 15) is 4.39 Å². The summed E-state index contributed by atoms with van der Waals surface area (Å²) in [6.45, 7) is 0. The molecular weight excluding hydrogens is 277 g/mol. The Morgan fingerprint density at radius 3 is 2.88 bits per heavy atom. The molecule has 2 aromatic rings. The summed E-state index contributed by atoms with van der Waals surface area (Å²) in [5, 5.41) is 0. The number of halogens is 2. The lowest BCUT2D eigenvalue weighted by molar-refractivity contribution is 0.525. The van der Waals surface area contributed by atoms with Gasteiger partial charge in [-0.05, 0) is 33.6 Å². The molecular formula is C10H9BrFN3O. The van der Waals surface area contributed by atoms with Gasteiger partial charge in [-0.2, -0.15) is 0 Å². The van der Waals surface area contributed by atoms with Gasteiger partial charge >= 0.3 is 0 Å². The highest BCUT2D eigenvalue weighted by atomic mass is 79.9. The van der Waals surface area contributed by atoms with Crippen LogP contribution < -0.4 is 11.3 Å². The lowest BCUT2D eigenvalue weighted by atomic mass is 10.0. The van der Waals surface area contributed by atoms with Gasteiger partial charge in [0.15, 0.2) is 4.67 Å². The first kappa shape index (κ1) is 11.3. The van der Waals surface area contributed by atoms with Crippen LogP contribution in [-0.2, 0) is 0 Å². The third-order valence-electron chi connectivity index (χ3n) is 2.18. The fraction of sp³-hybridized carbons (Fsp3) is 0.100. The first-order valence-electron chi connectivity index (χ1n) is 4.52. The molecule has 4 nitrogen and oxygen atoms in total. The first-order chi connectivity index (χ1) is 7.72. The van der Waals surface area contributed by atoms with Crippen LogP contribution in [0, 0.1) is 5.82 Å². The summed E-state index contributed by atoms with van der Waals surface area (Å²) in [6, 6.07) is 2.76. The number of nitrogens with two attached hydrogens (primary N) is 1. The smallest absolute Gasteiger partial charge is 0.174 e. The number of pyridine rings is 1. The number of hydrogen-bond donors (Lipinski definition) is 2. The van der Waals surface area contributed by atoms with Gasteiger partial charge < -0.3 is 4.42 Å². The number of furan rings is 1. The number of aromatic nitrogens is 1. The summed E-state index contributed by atoms with van der Waals surface area (Å²) < 4.78 is 18.7. The molecule has 0 fully saturated rings. The predicted octanol–water partition coefficient (Wildman–Crippen LogP) is 2.13. The van der Waals surface area contributed by atoms with Crippen LogP contribution in [0.3, 0.4) is 0 Å². The second kappa shape index (κ2) is 4.73. The number of rotatable bonds is 3. The van der Waals surface area contributed by atoms with Gasteiger partial charge in [0, 0.05) is 11.8 Å². The van der Waals surface area contributed by atoms with Gasteiger partial charge in [0.25, 0.3) is 0 Å². The maximum absolute atomic E-state index is 13.0. The van der Waals surface area contributed by atoms with Crippen LogP contribution in [-0.4, -0.2) is 4.98 Å². The molecule has 1 atom stereocenters. The molecule has 0 spiro atoms. The fourth-order valence-electron chi connectivity index (χ4n) is 1.46. The van der Waals surface area contributed by atoms with Gasteiger partial charge in [-0.3, -0.25) is 10.8 Å². The zero-order chi connectivity index (χ0) is 11.5. The van der Waals surface area contributed by atoms with Gasteiger partial charge in [-0.1, -0.05) is 0 Å². The Bertz CT molecular complexity index is 488. The molecule has 3 N–H and O–H groups in total. The van der Waals surface area contributed by atoms with Crippen molar-refractivity contribution in [3.63, 3.8) is 0 Å². The Morgan fingerprint density at radius 2 is 2.31 bits per heavy atom. The summed E-state index contributed by atoms with van der Waals surface area (Å²) in [5.41, 5.74) is 4.01. The lowest BCUT2D eigenvalue weighted by Crippen LogP contribution is -2.28. The van der Waals surface area contributed by atoms with Crippen molar-refractivity contribution in [2.24, 2.45) is 5.84 Å². The average molecular weight is 286 g/mol. The van der Waals surface area contributed by atoms with Crippen molar-refractivity contribution in [1.82, 2.24) is 10.4 Å². The molecule has 16 heavy (non-hydrogen) atoms. The summed E-state index contributed by atoms with van der Waals surface area (Å²) >= 11 is 3.25. The molecule has 1 unspecified atom stereocenters. The van der Waals surface area contributed by atoms with Crippen molar-refractivity contribution in [2.75, 3.05) is 0 Å². The first-order valence-corrected chi connectivity index (χ1v) is 5.31. The van der Waals surface area contributed by atoms with E-state index in [1.54, 1.807) is 12.3 Å². The van der Waals surface area contributed by atoms with Crippen molar-refractivity contribution in [3.05, 3.63) is 52.4 Å². The molecule has 2 heterocycles. The Kier molecular flexibility index (Phi) is 3.33. The van der Waals surface area contributed by atoms with E-state index in [1.807, 2.05) is 0 Å². The molecule has 0 bridgehead atoms. The van der Waals surface area contributed by atoms with Gasteiger partial charge in [-0.15, -0.1) is 0 Å². The second-order valence-corrected chi connectivity index (χ2v) is 3.91. The third kappa shape index (κ3) is 2.13. The summed E-state index contributed by atoms with van der Waals surface area (Å²) in [7, 11) is 0. The molecule has 0 aliphatic heterocycles.